The molecule has 0 spiro atoms. The fraction of sp³-hybridized carbons (Fsp3) is 0.143. The van der Waals surface area contributed by atoms with Crippen LogP contribution in [0, 0.1) is 0 Å². The van der Waals surface area contributed by atoms with Gasteiger partial charge in [0, 0.05) is 36.1 Å². The number of anilines is 1. The maximum absolute atomic E-state index is 11.9. The van der Waals surface area contributed by atoms with Crippen molar-refractivity contribution in [3.8, 4) is 0 Å². The Morgan fingerprint density at radius 3 is 2.76 bits per heavy atom. The molecule has 0 saturated carbocycles. The second-order valence-corrected chi connectivity index (χ2v) is 4.61. The highest BCUT2D eigenvalue weighted by Gasteiger charge is 2.26. The molecular formula is C14H11N3O4. The molecule has 2 N–H and O–H groups in total. The highest BCUT2D eigenvalue weighted by atomic mass is 16.4. The Morgan fingerprint density at radius 1 is 1.24 bits per heavy atom. The van der Waals surface area contributed by atoms with Crippen LogP contribution in [0.2, 0.25) is 0 Å². The summed E-state index contributed by atoms with van der Waals surface area (Å²) >= 11 is 0. The van der Waals surface area contributed by atoms with Crippen molar-refractivity contribution in [3.05, 3.63) is 36.2 Å². The molecule has 0 radical (unpaired) electrons. The van der Waals surface area contributed by atoms with Gasteiger partial charge in [-0.05, 0) is 18.2 Å². The number of aromatic nitrogens is 1. The monoisotopic (exact) mass is 285 g/mol. The van der Waals surface area contributed by atoms with Crippen LogP contribution in [-0.4, -0.2) is 34.5 Å². The van der Waals surface area contributed by atoms with Crippen LogP contribution in [0.1, 0.15) is 16.8 Å². The molecule has 0 aliphatic carbocycles. The van der Waals surface area contributed by atoms with E-state index in [0.717, 1.165) is 0 Å². The number of carboxylic acid groups (broad SMARTS) is 1. The highest BCUT2D eigenvalue weighted by Crippen LogP contribution is 2.30. The van der Waals surface area contributed by atoms with Crippen LogP contribution in [0.4, 0.5) is 10.5 Å². The minimum Gasteiger partial charge on any atom is -0.478 e. The highest BCUT2D eigenvalue weighted by molar-refractivity contribution is 6.13. The molecule has 0 atom stereocenters. The number of rotatable bonds is 2. The van der Waals surface area contributed by atoms with Crippen molar-refractivity contribution in [2.24, 2.45) is 0 Å². The molecule has 3 amide bonds. The largest absolute Gasteiger partial charge is 0.478 e. The minimum atomic E-state index is -1.05. The number of carboxylic acids is 1. The van der Waals surface area contributed by atoms with Crippen molar-refractivity contribution in [1.29, 1.82) is 0 Å². The van der Waals surface area contributed by atoms with Gasteiger partial charge in [0.1, 0.15) is 0 Å². The molecule has 7 heteroatoms. The van der Waals surface area contributed by atoms with Gasteiger partial charge in [-0.1, -0.05) is 0 Å². The van der Waals surface area contributed by atoms with Crippen LogP contribution >= 0.6 is 0 Å². The predicted octanol–water partition coefficient (Wildman–Crippen LogP) is 1.38. The van der Waals surface area contributed by atoms with Gasteiger partial charge in [-0.15, -0.1) is 0 Å². The Morgan fingerprint density at radius 2 is 2.05 bits per heavy atom. The van der Waals surface area contributed by atoms with Gasteiger partial charge in [-0.25, -0.2) is 9.59 Å². The molecular weight excluding hydrogens is 274 g/mol. The topological polar surface area (TPSA) is 99.6 Å². The zero-order chi connectivity index (χ0) is 15.0. The number of aromatic carboxylic acids is 1. The van der Waals surface area contributed by atoms with E-state index in [0.29, 0.717) is 16.5 Å². The van der Waals surface area contributed by atoms with E-state index in [-0.39, 0.29) is 24.4 Å². The van der Waals surface area contributed by atoms with Crippen LogP contribution in [0.25, 0.3) is 10.8 Å². The number of nitrogens with one attached hydrogen (secondary N) is 1. The molecule has 3 rings (SSSR count). The van der Waals surface area contributed by atoms with Gasteiger partial charge in [-0.3, -0.25) is 20.0 Å². The molecule has 21 heavy (non-hydrogen) atoms. The molecule has 1 aromatic carbocycles. The van der Waals surface area contributed by atoms with Gasteiger partial charge in [0.2, 0.25) is 5.91 Å². The zero-order valence-corrected chi connectivity index (χ0v) is 10.9. The molecule has 0 bridgehead atoms. The summed E-state index contributed by atoms with van der Waals surface area (Å²) in [6.45, 7) is 0.251. The van der Waals surface area contributed by atoms with Crippen LogP contribution in [0.3, 0.4) is 0 Å². The summed E-state index contributed by atoms with van der Waals surface area (Å²) in [6, 6.07) is 4.08. The van der Waals surface area contributed by atoms with Crippen LogP contribution in [-0.2, 0) is 4.79 Å². The van der Waals surface area contributed by atoms with Crippen molar-refractivity contribution in [1.82, 2.24) is 10.3 Å². The summed E-state index contributed by atoms with van der Waals surface area (Å²) in [7, 11) is 0. The average molecular weight is 285 g/mol. The summed E-state index contributed by atoms with van der Waals surface area (Å²) in [5.74, 6) is -1.36. The van der Waals surface area contributed by atoms with Gasteiger partial charge < -0.3 is 5.11 Å². The molecule has 1 aliphatic heterocycles. The number of carbonyl (C=O) groups is 3. The first-order chi connectivity index (χ1) is 10.1. The molecule has 0 unspecified atom stereocenters. The number of fused-ring (bicyclic) bond motifs is 1. The van der Waals surface area contributed by atoms with E-state index >= 15 is 0 Å². The third-order valence-corrected chi connectivity index (χ3v) is 3.37. The van der Waals surface area contributed by atoms with Gasteiger partial charge >= 0.3 is 12.0 Å². The van der Waals surface area contributed by atoms with Crippen molar-refractivity contribution >= 4 is 34.4 Å². The Bertz CT molecular complexity index is 772. The number of hydrogen-bond donors (Lipinski definition) is 2. The third-order valence-electron chi connectivity index (χ3n) is 3.37. The summed E-state index contributed by atoms with van der Waals surface area (Å²) < 4.78 is 0. The maximum atomic E-state index is 11.9. The number of pyridine rings is 1. The van der Waals surface area contributed by atoms with E-state index in [1.165, 1.54) is 23.4 Å². The number of carbonyl (C=O) groups excluding carboxylic acids is 2. The van der Waals surface area contributed by atoms with E-state index in [4.69, 9.17) is 0 Å². The first-order valence-electron chi connectivity index (χ1n) is 6.29. The molecule has 2 aromatic rings. The Balaban J connectivity index is 2.16. The lowest BCUT2D eigenvalue weighted by molar-refractivity contribution is -0.120. The summed E-state index contributed by atoms with van der Waals surface area (Å²) in [5.41, 5.74) is 0.678. The Kier molecular flexibility index (Phi) is 3.02. The van der Waals surface area contributed by atoms with E-state index in [1.54, 1.807) is 12.1 Å². The number of urea groups is 1. The van der Waals surface area contributed by atoms with Crippen molar-refractivity contribution < 1.29 is 19.5 Å². The smallest absolute Gasteiger partial charge is 0.336 e. The van der Waals surface area contributed by atoms with Crippen molar-refractivity contribution in [2.75, 3.05) is 11.4 Å². The summed E-state index contributed by atoms with van der Waals surface area (Å²) in [4.78, 5) is 39.8. The first-order valence-corrected chi connectivity index (χ1v) is 6.29. The third kappa shape index (κ3) is 2.18. The number of benzene rings is 1. The molecule has 2 heterocycles. The summed E-state index contributed by atoms with van der Waals surface area (Å²) in [5, 5.41) is 12.5. The lowest BCUT2D eigenvalue weighted by Crippen LogP contribution is -2.49. The fourth-order valence-corrected chi connectivity index (χ4v) is 2.39. The zero-order valence-electron chi connectivity index (χ0n) is 10.9. The van der Waals surface area contributed by atoms with Gasteiger partial charge in [0.05, 0.1) is 11.3 Å². The Hall–Kier alpha value is -2.96. The molecule has 1 aromatic heterocycles. The van der Waals surface area contributed by atoms with Crippen LogP contribution in [0.15, 0.2) is 30.6 Å². The number of hydrogen-bond acceptors (Lipinski definition) is 4. The lowest BCUT2D eigenvalue weighted by Gasteiger charge is -2.27. The Labute approximate surface area is 119 Å². The van der Waals surface area contributed by atoms with Crippen molar-refractivity contribution in [3.63, 3.8) is 0 Å². The average Bonchev–Trinajstić information content (AvgIpc) is 2.46. The predicted molar refractivity (Wildman–Crippen MR) is 74.2 cm³/mol. The van der Waals surface area contributed by atoms with Gasteiger partial charge in [0.25, 0.3) is 0 Å². The van der Waals surface area contributed by atoms with Gasteiger partial charge in [-0.2, -0.15) is 0 Å². The normalized spacial score (nSPS) is 15.1. The molecule has 1 fully saturated rings. The SMILES string of the molecule is O=C1CCN(c2ccc(C(=O)O)c3ccncc23)C(=O)N1. The molecule has 106 valence electrons. The standard InChI is InChI=1S/C14H11N3O4/c18-12-4-6-17(14(21)16-12)11-2-1-9(13(19)20)8-3-5-15-7-10(8)11/h1-3,5,7H,4,6H2,(H,19,20)(H,16,18,21). The van der Waals surface area contributed by atoms with Crippen LogP contribution < -0.4 is 10.2 Å². The number of imide groups is 1. The van der Waals surface area contributed by atoms with Gasteiger partial charge in [0.15, 0.2) is 0 Å². The van der Waals surface area contributed by atoms with E-state index in [9.17, 15) is 19.5 Å². The molecule has 7 nitrogen and oxygen atoms in total. The number of amides is 3. The molecule has 1 saturated heterocycles. The maximum Gasteiger partial charge on any atom is 0.336 e. The van der Waals surface area contributed by atoms with E-state index < -0.39 is 12.0 Å². The fourth-order valence-electron chi connectivity index (χ4n) is 2.39. The van der Waals surface area contributed by atoms with E-state index in [2.05, 4.69) is 10.3 Å². The quantitative estimate of drug-likeness (QED) is 0.868. The lowest BCUT2D eigenvalue weighted by atomic mass is 10.0. The van der Waals surface area contributed by atoms with Crippen LogP contribution in [0.5, 0.6) is 0 Å². The number of nitrogens with zero attached hydrogens (tertiary/aromatic N) is 2. The second kappa shape index (κ2) is 4.86. The molecule has 1 aliphatic rings. The summed E-state index contributed by atoms with van der Waals surface area (Å²) in [6.07, 6.45) is 3.22. The van der Waals surface area contributed by atoms with Crippen molar-refractivity contribution in [2.45, 2.75) is 6.42 Å². The second-order valence-electron chi connectivity index (χ2n) is 4.61. The first kappa shape index (κ1) is 13.0. The van der Waals surface area contributed by atoms with E-state index in [1.807, 2.05) is 0 Å². The minimum absolute atomic E-state index is 0.143.